The molecule has 17 heavy (non-hydrogen) atoms. The monoisotopic (exact) mass is 227 g/mol. The Labute approximate surface area is 104 Å². The number of allylic oxidation sites excluding steroid dienone is 1. The first kappa shape index (κ1) is 12.1. The van der Waals surface area contributed by atoms with Crippen molar-refractivity contribution in [3.8, 4) is 0 Å². The fourth-order valence-corrected chi connectivity index (χ4v) is 2.51. The molecule has 1 aliphatic carbocycles. The fourth-order valence-electron chi connectivity index (χ4n) is 2.51. The highest BCUT2D eigenvalue weighted by Crippen LogP contribution is 2.25. The first-order valence-electron chi connectivity index (χ1n) is 6.58. The summed E-state index contributed by atoms with van der Waals surface area (Å²) in [5, 5.41) is 0. The van der Waals surface area contributed by atoms with E-state index in [-0.39, 0.29) is 0 Å². The van der Waals surface area contributed by atoms with Crippen LogP contribution < -0.4 is 0 Å². The van der Waals surface area contributed by atoms with Gasteiger partial charge in [0.15, 0.2) is 0 Å². The third kappa shape index (κ3) is 3.55. The predicted molar refractivity (Wildman–Crippen MR) is 74.4 cm³/mol. The molecule has 2 rings (SSSR count). The summed E-state index contributed by atoms with van der Waals surface area (Å²) in [6, 6.07) is 10.5. The maximum absolute atomic E-state index is 4.82. The third-order valence-corrected chi connectivity index (χ3v) is 3.47. The minimum Gasteiger partial charge on any atom is -0.289 e. The van der Waals surface area contributed by atoms with Crippen LogP contribution in [0.25, 0.3) is 0 Å². The Bertz CT molecular complexity index is 378. The van der Waals surface area contributed by atoms with Crippen molar-refractivity contribution in [1.29, 1.82) is 0 Å². The summed E-state index contributed by atoms with van der Waals surface area (Å²) in [5.41, 5.74) is 2.72. The van der Waals surface area contributed by atoms with Gasteiger partial charge in [-0.3, -0.25) is 4.99 Å². The van der Waals surface area contributed by atoms with Crippen LogP contribution in [0.5, 0.6) is 0 Å². The maximum atomic E-state index is 4.82. The Morgan fingerprint density at radius 2 is 2.06 bits per heavy atom. The summed E-state index contributed by atoms with van der Waals surface area (Å²) in [6.07, 6.45) is 8.26. The fraction of sp³-hybridized carbons (Fsp3) is 0.438. The van der Waals surface area contributed by atoms with Crippen LogP contribution >= 0.6 is 0 Å². The van der Waals surface area contributed by atoms with Crippen molar-refractivity contribution in [3.63, 3.8) is 0 Å². The van der Waals surface area contributed by atoms with Crippen molar-refractivity contribution < 1.29 is 0 Å². The van der Waals surface area contributed by atoms with Crippen LogP contribution in [-0.4, -0.2) is 5.71 Å². The number of benzene rings is 1. The second-order valence-corrected chi connectivity index (χ2v) is 4.76. The average molecular weight is 227 g/mol. The van der Waals surface area contributed by atoms with Crippen LogP contribution in [0.2, 0.25) is 0 Å². The summed E-state index contributed by atoms with van der Waals surface area (Å²) in [5.74, 6) is 0.657. The Kier molecular flexibility index (Phi) is 4.54. The molecule has 0 spiro atoms. The summed E-state index contributed by atoms with van der Waals surface area (Å²) in [6.45, 7) is 4.69. The van der Waals surface area contributed by atoms with Crippen LogP contribution in [0.3, 0.4) is 0 Å². The Morgan fingerprint density at radius 3 is 2.82 bits per heavy atom. The molecule has 1 saturated carbocycles. The van der Waals surface area contributed by atoms with Crippen LogP contribution in [0.1, 0.15) is 37.7 Å². The van der Waals surface area contributed by atoms with Gasteiger partial charge in [0.05, 0.1) is 6.54 Å². The molecule has 0 amide bonds. The lowest BCUT2D eigenvalue weighted by Gasteiger charge is -2.23. The van der Waals surface area contributed by atoms with Crippen molar-refractivity contribution in [2.45, 2.75) is 38.6 Å². The van der Waals surface area contributed by atoms with Crippen molar-refractivity contribution in [3.05, 3.63) is 48.6 Å². The highest BCUT2D eigenvalue weighted by Gasteiger charge is 2.18. The number of rotatable bonds is 4. The highest BCUT2D eigenvalue weighted by atomic mass is 14.7. The topological polar surface area (TPSA) is 12.4 Å². The van der Waals surface area contributed by atoms with E-state index in [1.54, 1.807) is 0 Å². The minimum absolute atomic E-state index is 0.657. The van der Waals surface area contributed by atoms with E-state index in [1.807, 2.05) is 6.08 Å². The molecule has 0 N–H and O–H groups in total. The van der Waals surface area contributed by atoms with E-state index in [1.165, 1.54) is 37.0 Å². The van der Waals surface area contributed by atoms with Gasteiger partial charge in [0.2, 0.25) is 0 Å². The average Bonchev–Trinajstić information content (AvgIpc) is 2.39. The van der Waals surface area contributed by atoms with E-state index in [0.717, 1.165) is 13.0 Å². The zero-order valence-electron chi connectivity index (χ0n) is 10.4. The Balaban J connectivity index is 2.01. The Morgan fingerprint density at radius 1 is 1.24 bits per heavy atom. The molecular weight excluding hydrogens is 206 g/mol. The van der Waals surface area contributed by atoms with Crippen molar-refractivity contribution >= 4 is 5.71 Å². The van der Waals surface area contributed by atoms with Gasteiger partial charge in [-0.15, -0.1) is 6.58 Å². The summed E-state index contributed by atoms with van der Waals surface area (Å²) >= 11 is 0. The lowest BCUT2D eigenvalue weighted by Crippen LogP contribution is -2.19. The first-order valence-corrected chi connectivity index (χ1v) is 6.58. The van der Waals surface area contributed by atoms with E-state index in [4.69, 9.17) is 4.99 Å². The van der Waals surface area contributed by atoms with Gasteiger partial charge in [-0.25, -0.2) is 0 Å². The number of aliphatic imine (C=N–C) groups is 1. The largest absolute Gasteiger partial charge is 0.289 e. The van der Waals surface area contributed by atoms with Crippen molar-refractivity contribution in [2.75, 3.05) is 0 Å². The molecule has 0 aliphatic heterocycles. The molecule has 1 aromatic rings. The number of hydrogen-bond acceptors (Lipinski definition) is 1. The van der Waals surface area contributed by atoms with E-state index in [0.29, 0.717) is 5.92 Å². The highest BCUT2D eigenvalue weighted by molar-refractivity contribution is 5.87. The molecule has 1 nitrogen and oxygen atoms in total. The zero-order valence-corrected chi connectivity index (χ0v) is 10.4. The minimum atomic E-state index is 0.657. The van der Waals surface area contributed by atoms with Crippen molar-refractivity contribution in [2.24, 2.45) is 10.9 Å². The van der Waals surface area contributed by atoms with E-state index < -0.39 is 0 Å². The molecule has 0 radical (unpaired) electrons. The third-order valence-electron chi connectivity index (χ3n) is 3.47. The summed E-state index contributed by atoms with van der Waals surface area (Å²) in [4.78, 5) is 4.82. The molecule has 1 atom stereocenters. The maximum Gasteiger partial charge on any atom is 0.0639 e. The quantitative estimate of drug-likeness (QED) is 0.676. The summed E-state index contributed by atoms with van der Waals surface area (Å²) < 4.78 is 0. The zero-order chi connectivity index (χ0) is 11.9. The smallest absolute Gasteiger partial charge is 0.0639 e. The van der Waals surface area contributed by atoms with Crippen LogP contribution in [-0.2, 0) is 6.54 Å². The van der Waals surface area contributed by atoms with Crippen LogP contribution in [0.15, 0.2) is 48.0 Å². The van der Waals surface area contributed by atoms with Gasteiger partial charge in [-0.05, 0) is 31.2 Å². The number of hydrogen-bond donors (Lipinski definition) is 0. The SMILES string of the molecule is C=CCC1CCCCC1=NCc1ccccc1. The Hall–Kier alpha value is -1.37. The molecule has 1 aliphatic rings. The second-order valence-electron chi connectivity index (χ2n) is 4.76. The standard InChI is InChI=1S/C16H21N/c1-2-8-15-11-6-7-12-16(15)17-13-14-9-4-3-5-10-14/h2-5,9-10,15H,1,6-8,11-13H2. The molecule has 0 heterocycles. The molecule has 1 aromatic carbocycles. The molecule has 0 aromatic heterocycles. The predicted octanol–water partition coefficient (Wildman–Crippen LogP) is 4.39. The number of nitrogens with zero attached hydrogens (tertiary/aromatic N) is 1. The summed E-state index contributed by atoms with van der Waals surface area (Å²) in [7, 11) is 0. The first-order chi connectivity index (χ1) is 8.40. The van der Waals surface area contributed by atoms with Crippen LogP contribution in [0, 0.1) is 5.92 Å². The van der Waals surface area contributed by atoms with E-state index in [2.05, 4.69) is 36.9 Å². The van der Waals surface area contributed by atoms with E-state index in [9.17, 15) is 0 Å². The van der Waals surface area contributed by atoms with Gasteiger partial charge < -0.3 is 0 Å². The van der Waals surface area contributed by atoms with E-state index >= 15 is 0 Å². The van der Waals surface area contributed by atoms with Gasteiger partial charge in [0.25, 0.3) is 0 Å². The molecular formula is C16H21N. The van der Waals surface area contributed by atoms with Gasteiger partial charge in [-0.2, -0.15) is 0 Å². The molecule has 0 saturated heterocycles. The van der Waals surface area contributed by atoms with Gasteiger partial charge in [-0.1, -0.05) is 42.8 Å². The van der Waals surface area contributed by atoms with Gasteiger partial charge in [0.1, 0.15) is 0 Å². The van der Waals surface area contributed by atoms with Gasteiger partial charge >= 0.3 is 0 Å². The normalized spacial score (nSPS) is 22.6. The molecule has 1 heteroatoms. The van der Waals surface area contributed by atoms with Gasteiger partial charge in [0, 0.05) is 11.6 Å². The lowest BCUT2D eigenvalue weighted by molar-refractivity contribution is 0.528. The molecule has 1 unspecified atom stereocenters. The lowest BCUT2D eigenvalue weighted by atomic mass is 9.85. The van der Waals surface area contributed by atoms with Crippen LogP contribution in [0.4, 0.5) is 0 Å². The van der Waals surface area contributed by atoms with Crippen molar-refractivity contribution in [1.82, 2.24) is 0 Å². The second kappa shape index (κ2) is 6.39. The molecule has 0 bridgehead atoms. The molecule has 90 valence electrons. The molecule has 1 fully saturated rings.